The van der Waals surface area contributed by atoms with Gasteiger partial charge in [0.25, 0.3) is 0 Å². The van der Waals surface area contributed by atoms with Crippen molar-refractivity contribution in [1.29, 1.82) is 0 Å². The highest BCUT2D eigenvalue weighted by molar-refractivity contribution is 5.85. The van der Waals surface area contributed by atoms with Gasteiger partial charge in [0.1, 0.15) is 11.9 Å². The van der Waals surface area contributed by atoms with Crippen LogP contribution >= 0.6 is 12.4 Å². The molecular formula is C20H30ClNO2. The molecule has 1 heterocycles. The zero-order valence-corrected chi connectivity index (χ0v) is 15.1. The van der Waals surface area contributed by atoms with E-state index in [0.29, 0.717) is 11.8 Å². The molecule has 1 saturated heterocycles. The fourth-order valence-corrected chi connectivity index (χ4v) is 4.81. The second kappa shape index (κ2) is 8.07. The highest BCUT2D eigenvalue weighted by Gasteiger charge is 2.39. The molecule has 0 amide bonds. The van der Waals surface area contributed by atoms with Gasteiger partial charge in [-0.2, -0.15) is 0 Å². The highest BCUT2D eigenvalue weighted by atomic mass is 35.5. The second-order valence-corrected chi connectivity index (χ2v) is 7.78. The summed E-state index contributed by atoms with van der Waals surface area (Å²) in [6.07, 6.45) is 8.28. The van der Waals surface area contributed by atoms with Crippen LogP contribution < -0.4 is 10.1 Å². The van der Waals surface area contributed by atoms with E-state index in [-0.39, 0.29) is 24.6 Å². The number of fused-ring (bicyclic) bond motifs is 1. The summed E-state index contributed by atoms with van der Waals surface area (Å²) < 4.78 is 6.14. The Balaban J connectivity index is 0.00000169. The lowest BCUT2D eigenvalue weighted by molar-refractivity contribution is -0.0231. The molecule has 0 bridgehead atoms. The molecule has 4 heteroatoms. The topological polar surface area (TPSA) is 41.5 Å². The summed E-state index contributed by atoms with van der Waals surface area (Å²) in [7, 11) is 0. The van der Waals surface area contributed by atoms with Crippen molar-refractivity contribution >= 4 is 12.4 Å². The van der Waals surface area contributed by atoms with Crippen molar-refractivity contribution in [3.63, 3.8) is 0 Å². The zero-order valence-electron chi connectivity index (χ0n) is 14.3. The molecule has 1 aliphatic heterocycles. The van der Waals surface area contributed by atoms with E-state index in [1.807, 2.05) is 0 Å². The Kier molecular flexibility index (Phi) is 6.07. The number of hydrogen-bond donors (Lipinski definition) is 2. The highest BCUT2D eigenvalue weighted by Crippen LogP contribution is 2.36. The first kappa shape index (κ1) is 18.0. The molecule has 3 nitrogen and oxygen atoms in total. The van der Waals surface area contributed by atoms with E-state index in [4.69, 9.17) is 4.74 Å². The first-order valence-electron chi connectivity index (χ1n) is 9.45. The molecule has 0 radical (unpaired) electrons. The molecule has 0 aromatic heterocycles. The fourth-order valence-electron chi connectivity index (χ4n) is 4.81. The van der Waals surface area contributed by atoms with E-state index in [1.165, 1.54) is 37.7 Å². The number of nitrogens with one attached hydrogen (secondary N) is 1. The molecule has 2 N–H and O–H groups in total. The van der Waals surface area contributed by atoms with Crippen molar-refractivity contribution in [3.05, 3.63) is 29.8 Å². The minimum atomic E-state index is -0.325. The van der Waals surface area contributed by atoms with Crippen molar-refractivity contribution in [2.45, 2.75) is 63.1 Å². The number of aliphatic hydroxyl groups is 1. The molecule has 24 heavy (non-hydrogen) atoms. The SMILES string of the molecule is Cl.O[C@@H]1C[C@H]2CNC[C@H]2C[C@H]1Oc1ccc(C2CCCCC2)cc1. The second-order valence-electron chi connectivity index (χ2n) is 7.78. The molecular weight excluding hydrogens is 322 g/mol. The van der Waals surface area contributed by atoms with Gasteiger partial charge < -0.3 is 15.2 Å². The summed E-state index contributed by atoms with van der Waals surface area (Å²) in [5, 5.41) is 13.8. The monoisotopic (exact) mass is 351 g/mol. The molecule has 0 spiro atoms. The van der Waals surface area contributed by atoms with Gasteiger partial charge >= 0.3 is 0 Å². The van der Waals surface area contributed by atoms with Crippen LogP contribution in [-0.2, 0) is 0 Å². The lowest BCUT2D eigenvalue weighted by Crippen LogP contribution is -2.42. The van der Waals surface area contributed by atoms with E-state index in [2.05, 4.69) is 29.6 Å². The number of benzene rings is 1. The fraction of sp³-hybridized carbons (Fsp3) is 0.700. The van der Waals surface area contributed by atoms with E-state index in [0.717, 1.165) is 37.6 Å². The summed E-state index contributed by atoms with van der Waals surface area (Å²) in [4.78, 5) is 0. The van der Waals surface area contributed by atoms with Crippen LogP contribution in [0.1, 0.15) is 56.4 Å². The van der Waals surface area contributed by atoms with Gasteiger partial charge in [0, 0.05) is 0 Å². The average Bonchev–Trinajstić information content (AvgIpc) is 3.04. The van der Waals surface area contributed by atoms with Crippen molar-refractivity contribution in [1.82, 2.24) is 5.32 Å². The molecule has 2 saturated carbocycles. The third-order valence-corrected chi connectivity index (χ3v) is 6.23. The molecule has 134 valence electrons. The summed E-state index contributed by atoms with van der Waals surface area (Å²) in [5.41, 5.74) is 1.46. The number of ether oxygens (including phenoxy) is 1. The average molecular weight is 352 g/mol. The number of hydrogen-bond acceptors (Lipinski definition) is 3. The van der Waals surface area contributed by atoms with Crippen molar-refractivity contribution in [2.75, 3.05) is 13.1 Å². The minimum absolute atomic E-state index is 0. The number of aliphatic hydroxyl groups excluding tert-OH is 1. The van der Waals surface area contributed by atoms with Gasteiger partial charge in [-0.1, -0.05) is 31.4 Å². The molecule has 4 atom stereocenters. The van der Waals surface area contributed by atoms with Crippen molar-refractivity contribution in [2.24, 2.45) is 11.8 Å². The Morgan fingerprint density at radius 1 is 0.917 bits per heavy atom. The van der Waals surface area contributed by atoms with Gasteiger partial charge in [0.15, 0.2) is 0 Å². The Labute approximate surface area is 151 Å². The van der Waals surface area contributed by atoms with Crippen LogP contribution in [0, 0.1) is 11.8 Å². The minimum Gasteiger partial charge on any atom is -0.488 e. The molecule has 1 aromatic rings. The van der Waals surface area contributed by atoms with Gasteiger partial charge in [-0.15, -0.1) is 12.4 Å². The van der Waals surface area contributed by atoms with Crippen LogP contribution in [0.15, 0.2) is 24.3 Å². The normalized spacial score (nSPS) is 33.5. The zero-order chi connectivity index (χ0) is 15.6. The van der Waals surface area contributed by atoms with E-state index in [1.54, 1.807) is 0 Å². The van der Waals surface area contributed by atoms with Gasteiger partial charge in [0.05, 0.1) is 6.10 Å². The Morgan fingerprint density at radius 3 is 2.29 bits per heavy atom. The summed E-state index contributed by atoms with van der Waals surface area (Å²) in [6.45, 7) is 2.14. The van der Waals surface area contributed by atoms with E-state index < -0.39 is 0 Å². The maximum Gasteiger partial charge on any atom is 0.125 e. The van der Waals surface area contributed by atoms with Gasteiger partial charge in [-0.3, -0.25) is 0 Å². The predicted octanol–water partition coefficient (Wildman–Crippen LogP) is 3.89. The van der Waals surface area contributed by atoms with Gasteiger partial charge in [-0.25, -0.2) is 0 Å². The van der Waals surface area contributed by atoms with Gasteiger partial charge in [0.2, 0.25) is 0 Å². The largest absolute Gasteiger partial charge is 0.488 e. The molecule has 1 aromatic carbocycles. The van der Waals surface area contributed by atoms with E-state index >= 15 is 0 Å². The van der Waals surface area contributed by atoms with Crippen LogP contribution in [0.2, 0.25) is 0 Å². The van der Waals surface area contributed by atoms with Crippen LogP contribution in [0.25, 0.3) is 0 Å². The molecule has 0 unspecified atom stereocenters. The first-order chi connectivity index (χ1) is 11.3. The molecule has 3 aliphatic rings. The Hall–Kier alpha value is -0.770. The van der Waals surface area contributed by atoms with Crippen LogP contribution in [0.5, 0.6) is 5.75 Å². The summed E-state index contributed by atoms with van der Waals surface area (Å²) in [5.74, 6) is 2.96. The molecule has 3 fully saturated rings. The predicted molar refractivity (Wildman–Crippen MR) is 99.0 cm³/mol. The maximum absolute atomic E-state index is 10.4. The Bertz CT molecular complexity index is 515. The summed E-state index contributed by atoms with van der Waals surface area (Å²) >= 11 is 0. The van der Waals surface area contributed by atoms with Crippen LogP contribution in [0.4, 0.5) is 0 Å². The number of halogens is 1. The quantitative estimate of drug-likeness (QED) is 0.868. The standard InChI is InChI=1S/C20H29NO2.ClH/c22-19-10-16-12-21-13-17(16)11-20(19)23-18-8-6-15(7-9-18)14-4-2-1-3-5-14;/h6-9,14,16-17,19-22H,1-5,10-13H2;1H/t16-,17+,19+,20+;/m0./s1. The third-order valence-electron chi connectivity index (χ3n) is 6.23. The smallest absolute Gasteiger partial charge is 0.125 e. The van der Waals surface area contributed by atoms with E-state index in [9.17, 15) is 5.11 Å². The number of rotatable bonds is 3. The lowest BCUT2D eigenvalue weighted by Gasteiger charge is -2.35. The summed E-state index contributed by atoms with van der Waals surface area (Å²) in [6, 6.07) is 8.69. The van der Waals surface area contributed by atoms with Crippen molar-refractivity contribution in [3.8, 4) is 5.75 Å². The van der Waals surface area contributed by atoms with Crippen LogP contribution in [-0.4, -0.2) is 30.4 Å². The molecule has 2 aliphatic carbocycles. The van der Waals surface area contributed by atoms with Crippen molar-refractivity contribution < 1.29 is 9.84 Å². The van der Waals surface area contributed by atoms with Crippen LogP contribution in [0.3, 0.4) is 0 Å². The Morgan fingerprint density at radius 2 is 1.58 bits per heavy atom. The first-order valence-corrected chi connectivity index (χ1v) is 9.45. The maximum atomic E-state index is 10.4. The van der Waals surface area contributed by atoms with Gasteiger partial charge in [-0.05, 0) is 74.2 Å². The lowest BCUT2D eigenvalue weighted by atomic mass is 9.78. The third kappa shape index (κ3) is 3.89. The molecule has 4 rings (SSSR count).